The summed E-state index contributed by atoms with van der Waals surface area (Å²) < 4.78 is 18.1. The molecule has 1 unspecified atom stereocenters. The third-order valence-electron chi connectivity index (χ3n) is 2.51. The molecule has 1 rings (SSSR count). The van der Waals surface area contributed by atoms with Crippen molar-refractivity contribution in [2.24, 2.45) is 0 Å². The molecule has 0 spiro atoms. The van der Waals surface area contributed by atoms with E-state index in [1.807, 2.05) is 0 Å². The monoisotopic (exact) mass is 210 g/mol. The lowest BCUT2D eigenvalue weighted by Crippen LogP contribution is -2.07. The zero-order chi connectivity index (χ0) is 11.4. The molecule has 1 aromatic rings. The second-order valence-electron chi connectivity index (χ2n) is 3.44. The second kappa shape index (κ2) is 4.91. The fourth-order valence-electron chi connectivity index (χ4n) is 1.44. The van der Waals surface area contributed by atoms with Crippen LogP contribution < -0.4 is 4.74 Å². The molecule has 0 saturated carbocycles. The zero-order valence-corrected chi connectivity index (χ0v) is 9.21. The van der Waals surface area contributed by atoms with Crippen molar-refractivity contribution in [3.8, 4) is 5.75 Å². The van der Waals surface area contributed by atoms with Crippen LogP contribution in [-0.4, -0.2) is 12.9 Å². The summed E-state index contributed by atoms with van der Waals surface area (Å²) in [6, 6.07) is 4.63. The number of hydrogen-bond donors (Lipinski definition) is 0. The minimum atomic E-state index is -0.425. The highest BCUT2D eigenvalue weighted by molar-refractivity contribution is 5.85. The fraction of sp³-hybridized carbons (Fsp3) is 0.417. The summed E-state index contributed by atoms with van der Waals surface area (Å²) in [4.78, 5) is 11.4. The normalized spacial score (nSPS) is 12.3. The van der Waals surface area contributed by atoms with Gasteiger partial charge in [-0.2, -0.15) is 0 Å². The van der Waals surface area contributed by atoms with Crippen molar-refractivity contribution >= 4 is 5.78 Å². The van der Waals surface area contributed by atoms with Gasteiger partial charge >= 0.3 is 0 Å². The first-order valence-corrected chi connectivity index (χ1v) is 4.96. The van der Waals surface area contributed by atoms with Gasteiger partial charge in [0.2, 0.25) is 0 Å². The van der Waals surface area contributed by atoms with E-state index in [1.165, 1.54) is 13.2 Å². The highest BCUT2D eigenvalue weighted by atomic mass is 19.1. The number of methoxy groups -OCH3 is 1. The Morgan fingerprint density at radius 2 is 2.20 bits per heavy atom. The van der Waals surface area contributed by atoms with E-state index >= 15 is 0 Å². The highest BCUT2D eigenvalue weighted by Gasteiger charge is 2.15. The minimum Gasteiger partial charge on any atom is -0.494 e. The molecule has 0 aliphatic rings. The molecule has 0 aromatic heterocycles. The molecule has 3 heteroatoms. The van der Waals surface area contributed by atoms with E-state index < -0.39 is 5.82 Å². The maximum atomic E-state index is 13.3. The van der Waals surface area contributed by atoms with Crippen LogP contribution in [0.25, 0.3) is 0 Å². The first kappa shape index (κ1) is 11.7. The van der Waals surface area contributed by atoms with Crippen molar-refractivity contribution in [1.82, 2.24) is 0 Å². The summed E-state index contributed by atoms with van der Waals surface area (Å²) in [5.41, 5.74) is 0.695. The summed E-state index contributed by atoms with van der Waals surface area (Å²) in [6.45, 7) is 3.59. The van der Waals surface area contributed by atoms with E-state index in [0.717, 1.165) is 0 Å². The molecule has 0 aliphatic heterocycles. The summed E-state index contributed by atoms with van der Waals surface area (Å²) in [6.07, 6.45) is 0.467. The van der Waals surface area contributed by atoms with Gasteiger partial charge in [0.1, 0.15) is 5.78 Å². The molecule has 82 valence electrons. The predicted octanol–water partition coefficient (Wildman–Crippen LogP) is 2.92. The molecule has 0 heterocycles. The van der Waals surface area contributed by atoms with Gasteiger partial charge in [0.25, 0.3) is 0 Å². The quantitative estimate of drug-likeness (QED) is 0.763. The molecule has 0 N–H and O–H groups in total. The Bertz CT molecular complexity index is 361. The number of benzene rings is 1. The molecule has 15 heavy (non-hydrogen) atoms. The summed E-state index contributed by atoms with van der Waals surface area (Å²) >= 11 is 0. The Morgan fingerprint density at radius 1 is 1.53 bits per heavy atom. The lowest BCUT2D eigenvalue weighted by atomic mass is 9.95. The third-order valence-corrected chi connectivity index (χ3v) is 2.51. The lowest BCUT2D eigenvalue weighted by molar-refractivity contribution is -0.119. The molecule has 2 nitrogen and oxygen atoms in total. The lowest BCUT2D eigenvalue weighted by Gasteiger charge is -2.10. The van der Waals surface area contributed by atoms with Crippen LogP contribution in [0.4, 0.5) is 4.39 Å². The van der Waals surface area contributed by atoms with Crippen LogP contribution in [0.2, 0.25) is 0 Å². The summed E-state index contributed by atoms with van der Waals surface area (Å²) in [7, 11) is 1.42. The molecular formula is C12H15FO2. The average molecular weight is 210 g/mol. The SMILES string of the molecule is CCC(=O)C(C)c1ccc(OC)c(F)c1. The van der Waals surface area contributed by atoms with Crippen LogP contribution in [0.3, 0.4) is 0 Å². The first-order chi connectivity index (χ1) is 7.10. The van der Waals surface area contributed by atoms with Gasteiger partial charge in [0.05, 0.1) is 7.11 Å². The standard InChI is InChI=1S/C12H15FO2/c1-4-11(14)8(2)9-5-6-12(15-3)10(13)7-9/h5-8H,4H2,1-3H3. The van der Waals surface area contributed by atoms with Crippen LogP contribution in [0.1, 0.15) is 31.7 Å². The fourth-order valence-corrected chi connectivity index (χ4v) is 1.44. The van der Waals surface area contributed by atoms with Crippen LogP contribution in [0.15, 0.2) is 18.2 Å². The predicted molar refractivity (Wildman–Crippen MR) is 56.7 cm³/mol. The van der Waals surface area contributed by atoms with Crippen LogP contribution in [0.5, 0.6) is 5.75 Å². The molecule has 0 radical (unpaired) electrons. The van der Waals surface area contributed by atoms with E-state index in [9.17, 15) is 9.18 Å². The third kappa shape index (κ3) is 2.55. The number of ketones is 1. The van der Waals surface area contributed by atoms with Crippen molar-refractivity contribution in [2.75, 3.05) is 7.11 Å². The smallest absolute Gasteiger partial charge is 0.165 e. The van der Waals surface area contributed by atoms with Gasteiger partial charge in [-0.25, -0.2) is 4.39 Å². The molecule has 0 fully saturated rings. The van der Waals surface area contributed by atoms with E-state index in [4.69, 9.17) is 4.74 Å². The molecule has 0 aliphatic carbocycles. The van der Waals surface area contributed by atoms with Gasteiger partial charge in [-0.05, 0) is 17.7 Å². The number of Topliss-reactive ketones (excluding diaryl/α,β-unsaturated/α-hetero) is 1. The van der Waals surface area contributed by atoms with Crippen LogP contribution in [-0.2, 0) is 4.79 Å². The van der Waals surface area contributed by atoms with Gasteiger partial charge < -0.3 is 4.74 Å². The number of carbonyl (C=O) groups is 1. The van der Waals surface area contributed by atoms with Gasteiger partial charge in [-0.1, -0.05) is 19.9 Å². The topological polar surface area (TPSA) is 26.3 Å². The number of carbonyl (C=O) groups excluding carboxylic acids is 1. The Hall–Kier alpha value is -1.38. The molecule has 0 amide bonds. The number of halogens is 1. The van der Waals surface area contributed by atoms with Crippen LogP contribution in [0, 0.1) is 5.82 Å². The van der Waals surface area contributed by atoms with Crippen LogP contribution >= 0.6 is 0 Å². The van der Waals surface area contributed by atoms with Crippen molar-refractivity contribution in [3.63, 3.8) is 0 Å². The highest BCUT2D eigenvalue weighted by Crippen LogP contribution is 2.23. The maximum absolute atomic E-state index is 13.3. The van der Waals surface area contributed by atoms with E-state index in [-0.39, 0.29) is 17.5 Å². The number of hydrogen-bond acceptors (Lipinski definition) is 2. The Kier molecular flexibility index (Phi) is 3.83. The molecule has 1 atom stereocenters. The maximum Gasteiger partial charge on any atom is 0.165 e. The molecule has 0 saturated heterocycles. The van der Waals surface area contributed by atoms with Crippen molar-refractivity contribution < 1.29 is 13.9 Å². The average Bonchev–Trinajstić information content (AvgIpc) is 2.26. The molecule has 1 aromatic carbocycles. The van der Waals surface area contributed by atoms with Crippen molar-refractivity contribution in [3.05, 3.63) is 29.6 Å². The van der Waals surface area contributed by atoms with E-state index in [0.29, 0.717) is 12.0 Å². The van der Waals surface area contributed by atoms with Gasteiger partial charge in [-0.15, -0.1) is 0 Å². The Morgan fingerprint density at radius 3 is 2.67 bits per heavy atom. The van der Waals surface area contributed by atoms with Gasteiger partial charge in [-0.3, -0.25) is 4.79 Å². The second-order valence-corrected chi connectivity index (χ2v) is 3.44. The summed E-state index contributed by atoms with van der Waals surface area (Å²) in [5, 5.41) is 0. The van der Waals surface area contributed by atoms with E-state index in [1.54, 1.807) is 26.0 Å². The molecular weight excluding hydrogens is 195 g/mol. The number of ether oxygens (including phenoxy) is 1. The molecule has 0 bridgehead atoms. The van der Waals surface area contributed by atoms with E-state index in [2.05, 4.69) is 0 Å². The minimum absolute atomic E-state index is 0.111. The first-order valence-electron chi connectivity index (χ1n) is 4.96. The number of rotatable bonds is 4. The Labute approximate surface area is 89.1 Å². The summed E-state index contributed by atoms with van der Waals surface area (Å²) in [5.74, 6) is -0.365. The van der Waals surface area contributed by atoms with Gasteiger partial charge in [0.15, 0.2) is 11.6 Å². The van der Waals surface area contributed by atoms with Crippen molar-refractivity contribution in [2.45, 2.75) is 26.2 Å². The zero-order valence-electron chi connectivity index (χ0n) is 9.21. The van der Waals surface area contributed by atoms with Crippen molar-refractivity contribution in [1.29, 1.82) is 0 Å². The Balaban J connectivity index is 2.97. The largest absolute Gasteiger partial charge is 0.494 e. The van der Waals surface area contributed by atoms with Gasteiger partial charge in [0, 0.05) is 12.3 Å².